The Hall–Kier alpha value is -2.87. The van der Waals surface area contributed by atoms with Crippen molar-refractivity contribution in [3.05, 3.63) is 48.6 Å². The van der Waals surface area contributed by atoms with Crippen molar-refractivity contribution in [3.8, 4) is 0 Å². The van der Waals surface area contributed by atoms with Gasteiger partial charge in [0.1, 0.15) is 0 Å². The maximum atomic E-state index is 12.5. The third kappa shape index (κ3) is 42.6. The maximum absolute atomic E-state index is 12.5. The van der Waals surface area contributed by atoms with Crippen LogP contribution in [0.4, 0.5) is 4.79 Å². The van der Waals surface area contributed by atoms with Crippen LogP contribution in [0.25, 0.3) is 0 Å². The molecule has 8 nitrogen and oxygen atoms in total. The molecule has 0 rings (SSSR count). The molecule has 0 aromatic heterocycles. The van der Waals surface area contributed by atoms with E-state index in [-0.39, 0.29) is 24.6 Å². The highest BCUT2D eigenvalue weighted by atomic mass is 16.5. The van der Waals surface area contributed by atoms with Crippen molar-refractivity contribution in [2.45, 2.75) is 207 Å². The number of nitrogens with one attached hydrogen (secondary N) is 1. The standard InChI is InChI=1S/C49H88N2O6/c1-5-8-10-12-14-16-18-20-22-24-26-28-30-32-34-39-47(52)55-43-36-38-46(50-49(54)57-44-37-42-51(4)7-3)41-45-56-48(53)40-35-33-31-29-27-25-23-21-19-17-15-13-11-9-6-2/h14-17,20-23,46H,5-13,18-19,24-45H2,1-4H3,(H,50,54)/b16-14-,17-15-,22-20-,23-21-. The van der Waals surface area contributed by atoms with Crippen molar-refractivity contribution in [1.82, 2.24) is 10.2 Å². The number of rotatable bonds is 41. The summed E-state index contributed by atoms with van der Waals surface area (Å²) in [5, 5.41) is 2.94. The number of alkyl carbamates (subject to hydrolysis) is 1. The van der Waals surface area contributed by atoms with Gasteiger partial charge in [0.2, 0.25) is 0 Å². The molecule has 0 fully saturated rings. The van der Waals surface area contributed by atoms with Crippen molar-refractivity contribution < 1.29 is 28.6 Å². The monoisotopic (exact) mass is 801 g/mol. The lowest BCUT2D eigenvalue weighted by Gasteiger charge is -2.19. The number of hydrogen-bond donors (Lipinski definition) is 1. The number of ether oxygens (including phenoxy) is 3. The van der Waals surface area contributed by atoms with Crippen molar-refractivity contribution in [1.29, 1.82) is 0 Å². The Bertz CT molecular complexity index is 1040. The third-order valence-electron chi connectivity index (χ3n) is 10.1. The number of carbonyl (C=O) groups excluding carboxylic acids is 3. The van der Waals surface area contributed by atoms with Gasteiger partial charge >= 0.3 is 18.0 Å². The summed E-state index contributed by atoms with van der Waals surface area (Å²) in [6.45, 7) is 9.26. The second-order valence-corrected chi connectivity index (χ2v) is 15.6. The van der Waals surface area contributed by atoms with Crippen molar-refractivity contribution >= 4 is 18.0 Å². The van der Waals surface area contributed by atoms with Gasteiger partial charge < -0.3 is 24.4 Å². The van der Waals surface area contributed by atoms with Gasteiger partial charge in [-0.15, -0.1) is 0 Å². The third-order valence-corrected chi connectivity index (χ3v) is 10.1. The molecule has 1 unspecified atom stereocenters. The van der Waals surface area contributed by atoms with E-state index in [0.717, 1.165) is 83.7 Å². The molecule has 0 spiro atoms. The van der Waals surface area contributed by atoms with E-state index >= 15 is 0 Å². The van der Waals surface area contributed by atoms with Crippen LogP contribution in [-0.4, -0.2) is 68.9 Å². The number of unbranched alkanes of at least 4 members (excludes halogenated alkanes) is 16. The van der Waals surface area contributed by atoms with E-state index in [1.54, 1.807) is 0 Å². The molecule has 0 bridgehead atoms. The van der Waals surface area contributed by atoms with Gasteiger partial charge in [-0.25, -0.2) is 4.79 Å². The van der Waals surface area contributed by atoms with E-state index in [1.807, 2.05) is 7.05 Å². The molecule has 0 aliphatic heterocycles. The molecule has 0 saturated heterocycles. The fourth-order valence-corrected chi connectivity index (χ4v) is 6.29. The summed E-state index contributed by atoms with van der Waals surface area (Å²) in [5.41, 5.74) is 0. The van der Waals surface area contributed by atoms with Crippen LogP contribution < -0.4 is 5.32 Å². The molecule has 0 aromatic rings. The normalized spacial score (nSPS) is 12.4. The number of nitrogens with zero attached hydrogens (tertiary/aromatic N) is 1. The number of allylic oxidation sites excluding steroid dienone is 8. The quantitative estimate of drug-likeness (QED) is 0.0285. The van der Waals surface area contributed by atoms with Crippen LogP contribution in [0, 0.1) is 0 Å². The number of hydrogen-bond acceptors (Lipinski definition) is 7. The Kier molecular flexibility index (Phi) is 42.0. The fraction of sp³-hybridized carbons (Fsp3) is 0.776. The van der Waals surface area contributed by atoms with E-state index in [4.69, 9.17) is 14.2 Å². The molecule has 0 radical (unpaired) electrons. The van der Waals surface area contributed by atoms with Gasteiger partial charge in [0, 0.05) is 31.8 Å². The highest BCUT2D eigenvalue weighted by molar-refractivity contribution is 5.69. The number of esters is 2. The van der Waals surface area contributed by atoms with Gasteiger partial charge in [0.05, 0.1) is 19.8 Å². The summed E-state index contributed by atoms with van der Waals surface area (Å²) in [7, 11) is 2.04. The van der Waals surface area contributed by atoms with E-state index in [2.05, 4.69) is 79.6 Å². The molecule has 330 valence electrons. The number of amides is 1. The van der Waals surface area contributed by atoms with Crippen molar-refractivity contribution in [2.24, 2.45) is 0 Å². The SMILES string of the molecule is CCCCC/C=C\C/C=C\CCCCCCCC(=O)OCCCC(CCOC(=O)CCCCCCC/C=C\C/C=C\CCCCC)NC(=O)OCCCN(C)CC. The predicted molar refractivity (Wildman–Crippen MR) is 241 cm³/mol. The topological polar surface area (TPSA) is 94.2 Å². The minimum Gasteiger partial charge on any atom is -0.466 e. The van der Waals surface area contributed by atoms with Gasteiger partial charge in [-0.05, 0) is 110 Å². The van der Waals surface area contributed by atoms with Crippen LogP contribution in [0.15, 0.2) is 48.6 Å². The lowest BCUT2D eigenvalue weighted by Crippen LogP contribution is -2.37. The Morgan fingerprint density at radius 3 is 1.42 bits per heavy atom. The highest BCUT2D eigenvalue weighted by Gasteiger charge is 2.15. The molecule has 0 saturated carbocycles. The Labute approximate surface area is 351 Å². The average molecular weight is 801 g/mol. The summed E-state index contributed by atoms with van der Waals surface area (Å²) in [4.78, 5) is 39.4. The minimum absolute atomic E-state index is 0.163. The van der Waals surface area contributed by atoms with Crippen molar-refractivity contribution in [3.63, 3.8) is 0 Å². The summed E-state index contributed by atoms with van der Waals surface area (Å²) < 4.78 is 16.4. The van der Waals surface area contributed by atoms with Crippen LogP contribution in [0.1, 0.15) is 201 Å². The van der Waals surface area contributed by atoms with E-state index in [0.29, 0.717) is 45.3 Å². The first-order chi connectivity index (χ1) is 27.9. The lowest BCUT2D eigenvalue weighted by molar-refractivity contribution is -0.145. The van der Waals surface area contributed by atoms with Crippen molar-refractivity contribution in [2.75, 3.05) is 40.0 Å². The summed E-state index contributed by atoms with van der Waals surface area (Å²) in [6.07, 6.45) is 46.3. The van der Waals surface area contributed by atoms with Crippen LogP contribution >= 0.6 is 0 Å². The molecular weight excluding hydrogens is 713 g/mol. The lowest BCUT2D eigenvalue weighted by atomic mass is 10.1. The minimum atomic E-state index is -0.464. The second kappa shape index (κ2) is 44.2. The Balaban J connectivity index is 4.22. The zero-order valence-electron chi connectivity index (χ0n) is 37.4. The molecule has 1 amide bonds. The van der Waals surface area contributed by atoms with E-state index in [1.165, 1.54) is 77.0 Å². The molecule has 57 heavy (non-hydrogen) atoms. The molecule has 0 aliphatic rings. The number of carbonyl (C=O) groups is 3. The predicted octanol–water partition coefficient (Wildman–Crippen LogP) is 13.3. The van der Waals surface area contributed by atoms with E-state index in [9.17, 15) is 14.4 Å². The molecule has 0 aliphatic carbocycles. The smallest absolute Gasteiger partial charge is 0.407 e. The largest absolute Gasteiger partial charge is 0.466 e. The molecular formula is C49H88N2O6. The van der Waals surface area contributed by atoms with Crippen LogP contribution in [0.2, 0.25) is 0 Å². The fourth-order valence-electron chi connectivity index (χ4n) is 6.29. The molecule has 1 atom stereocenters. The average Bonchev–Trinajstić information content (AvgIpc) is 3.20. The van der Waals surface area contributed by atoms with Gasteiger partial charge in [-0.2, -0.15) is 0 Å². The maximum Gasteiger partial charge on any atom is 0.407 e. The first kappa shape index (κ1) is 54.1. The Morgan fingerprint density at radius 1 is 0.491 bits per heavy atom. The van der Waals surface area contributed by atoms with Crippen LogP contribution in [-0.2, 0) is 23.8 Å². The summed E-state index contributed by atoms with van der Waals surface area (Å²) in [6, 6.07) is -0.236. The zero-order valence-corrected chi connectivity index (χ0v) is 37.4. The summed E-state index contributed by atoms with van der Waals surface area (Å²) in [5.74, 6) is -0.354. The summed E-state index contributed by atoms with van der Waals surface area (Å²) >= 11 is 0. The van der Waals surface area contributed by atoms with Crippen LogP contribution in [0.3, 0.4) is 0 Å². The van der Waals surface area contributed by atoms with Crippen LogP contribution in [0.5, 0.6) is 0 Å². The van der Waals surface area contributed by atoms with Gasteiger partial charge in [0.25, 0.3) is 0 Å². The van der Waals surface area contributed by atoms with E-state index < -0.39 is 6.09 Å². The van der Waals surface area contributed by atoms with Gasteiger partial charge in [-0.1, -0.05) is 134 Å². The highest BCUT2D eigenvalue weighted by Crippen LogP contribution is 2.12. The zero-order chi connectivity index (χ0) is 41.7. The molecule has 0 heterocycles. The Morgan fingerprint density at radius 2 is 0.930 bits per heavy atom. The molecule has 8 heteroatoms. The first-order valence-corrected chi connectivity index (χ1v) is 23.5. The molecule has 1 N–H and O–H groups in total. The molecule has 0 aromatic carbocycles. The van der Waals surface area contributed by atoms with Gasteiger partial charge in [-0.3, -0.25) is 9.59 Å². The second-order valence-electron chi connectivity index (χ2n) is 15.6. The van der Waals surface area contributed by atoms with Gasteiger partial charge in [0.15, 0.2) is 0 Å². The first-order valence-electron chi connectivity index (χ1n) is 23.5.